The first-order chi connectivity index (χ1) is 15.5. The van der Waals surface area contributed by atoms with Crippen LogP contribution in [0.3, 0.4) is 0 Å². The number of carbonyl (C=O) groups excluding carboxylic acids is 2. The normalized spacial score (nSPS) is 19.8. The minimum absolute atomic E-state index is 0.104. The number of nitrogens with two attached hydrogens (primary N) is 1. The van der Waals surface area contributed by atoms with Gasteiger partial charge in [0.15, 0.2) is 0 Å². The van der Waals surface area contributed by atoms with Gasteiger partial charge in [0, 0.05) is 28.7 Å². The molecule has 1 aliphatic rings. The molecule has 178 valence electrons. The molecule has 33 heavy (non-hydrogen) atoms. The number of hydrogen-bond acceptors (Lipinski definition) is 6. The Hall–Kier alpha value is -2.33. The van der Waals surface area contributed by atoms with Crippen molar-refractivity contribution in [2.45, 2.75) is 42.7 Å². The number of benzene rings is 2. The fourth-order valence-electron chi connectivity index (χ4n) is 3.89. The molecule has 1 saturated heterocycles. The average Bonchev–Trinajstić information content (AvgIpc) is 3.17. The smallest absolute Gasteiger partial charge is 0.328 e. The molecule has 1 fully saturated rings. The van der Waals surface area contributed by atoms with Gasteiger partial charge >= 0.3 is 5.97 Å². The molecule has 0 aromatic heterocycles. The number of nitrogens with zero attached hydrogens (tertiary/aromatic N) is 1. The van der Waals surface area contributed by atoms with E-state index in [4.69, 9.17) is 33.7 Å². The predicted molar refractivity (Wildman–Crippen MR) is 126 cm³/mol. The number of nitrogens with one attached hydrogen (secondary N) is 1. The summed E-state index contributed by atoms with van der Waals surface area (Å²) in [5, 5.41) is 3.02. The molecule has 3 N–H and O–H groups in total. The number of ether oxygens (including phenoxy) is 1. The number of rotatable bonds is 7. The molecule has 1 amide bonds. The Morgan fingerprint density at radius 2 is 1.79 bits per heavy atom. The topological polar surface area (TPSA) is 119 Å². The van der Waals surface area contributed by atoms with Gasteiger partial charge in [-0.25, -0.2) is 13.2 Å². The summed E-state index contributed by atoms with van der Waals surface area (Å²) in [7, 11) is -2.86. The molecule has 2 aromatic carbocycles. The second-order valence-corrected chi connectivity index (χ2v) is 10.8. The molecule has 2 aromatic rings. The summed E-state index contributed by atoms with van der Waals surface area (Å²) in [5.41, 5.74) is 5.62. The number of halogens is 2. The Kier molecular flexibility index (Phi) is 7.58. The lowest BCUT2D eigenvalue weighted by Crippen LogP contribution is -2.58. The number of sulfonamides is 1. The highest BCUT2D eigenvalue weighted by atomic mass is 35.5. The van der Waals surface area contributed by atoms with Crippen LogP contribution in [-0.2, 0) is 30.8 Å². The molecular weight excluding hydrogens is 489 g/mol. The zero-order valence-corrected chi connectivity index (χ0v) is 20.5. The molecule has 0 saturated carbocycles. The highest BCUT2D eigenvalue weighted by molar-refractivity contribution is 7.89. The summed E-state index contributed by atoms with van der Waals surface area (Å²) in [6.07, 6.45) is 0.909. The summed E-state index contributed by atoms with van der Waals surface area (Å²) in [5.74, 6) is -1.24. The molecule has 0 unspecified atom stereocenters. The molecule has 0 radical (unpaired) electrons. The number of anilines is 1. The minimum atomic E-state index is -4.09. The summed E-state index contributed by atoms with van der Waals surface area (Å²) >= 11 is 12.0. The van der Waals surface area contributed by atoms with Gasteiger partial charge in [0.1, 0.15) is 11.6 Å². The van der Waals surface area contributed by atoms with E-state index in [1.165, 1.54) is 32.2 Å². The molecule has 8 nitrogen and oxygen atoms in total. The molecule has 0 aliphatic carbocycles. The number of methoxy groups -OCH3 is 1. The van der Waals surface area contributed by atoms with Crippen molar-refractivity contribution in [3.8, 4) is 0 Å². The van der Waals surface area contributed by atoms with Crippen LogP contribution < -0.4 is 11.1 Å². The van der Waals surface area contributed by atoms with E-state index in [0.29, 0.717) is 12.1 Å². The first kappa shape index (κ1) is 25.3. The Balaban J connectivity index is 1.88. The summed E-state index contributed by atoms with van der Waals surface area (Å²) < 4.78 is 32.8. The van der Waals surface area contributed by atoms with Gasteiger partial charge in [-0.2, -0.15) is 4.31 Å². The Labute approximate surface area is 203 Å². The van der Waals surface area contributed by atoms with E-state index in [-0.39, 0.29) is 34.3 Å². The number of amides is 1. The van der Waals surface area contributed by atoms with Crippen LogP contribution in [-0.4, -0.2) is 49.8 Å². The number of nitrogen functional groups attached to an aromatic ring is 1. The van der Waals surface area contributed by atoms with Crippen LogP contribution in [0.1, 0.15) is 25.3 Å². The highest BCUT2D eigenvalue weighted by Gasteiger charge is 2.50. The van der Waals surface area contributed by atoms with E-state index in [1.54, 1.807) is 24.3 Å². The molecular formula is C22H25Cl2N3O5S. The lowest BCUT2D eigenvalue weighted by molar-refractivity contribution is -0.146. The van der Waals surface area contributed by atoms with E-state index < -0.39 is 33.5 Å². The predicted octanol–water partition coefficient (Wildman–Crippen LogP) is 3.02. The van der Waals surface area contributed by atoms with Crippen molar-refractivity contribution in [2.24, 2.45) is 0 Å². The largest absolute Gasteiger partial charge is 0.467 e. The summed E-state index contributed by atoms with van der Waals surface area (Å²) in [6.45, 7) is 1.67. The Morgan fingerprint density at radius 1 is 1.18 bits per heavy atom. The number of hydrogen-bond donors (Lipinski definition) is 2. The number of esters is 1. The van der Waals surface area contributed by atoms with Crippen LogP contribution in [0.5, 0.6) is 0 Å². The molecule has 1 aliphatic heterocycles. The van der Waals surface area contributed by atoms with E-state index in [9.17, 15) is 18.0 Å². The molecule has 11 heteroatoms. The van der Waals surface area contributed by atoms with E-state index >= 15 is 0 Å². The molecule has 1 heterocycles. The van der Waals surface area contributed by atoms with Crippen LogP contribution in [0.4, 0.5) is 5.69 Å². The van der Waals surface area contributed by atoms with Crippen LogP contribution in [0.2, 0.25) is 10.0 Å². The molecule has 3 rings (SSSR count). The van der Waals surface area contributed by atoms with Crippen molar-refractivity contribution in [3.63, 3.8) is 0 Å². The van der Waals surface area contributed by atoms with Gasteiger partial charge in [0.05, 0.1) is 12.0 Å². The van der Waals surface area contributed by atoms with Crippen molar-refractivity contribution in [3.05, 3.63) is 58.1 Å². The fraction of sp³-hybridized carbons (Fsp3) is 0.364. The van der Waals surface area contributed by atoms with Gasteiger partial charge in [-0.1, -0.05) is 35.3 Å². The summed E-state index contributed by atoms with van der Waals surface area (Å²) in [4.78, 5) is 25.7. The molecule has 0 spiro atoms. The maximum atomic E-state index is 13.4. The van der Waals surface area contributed by atoms with Gasteiger partial charge in [0.2, 0.25) is 15.9 Å². The minimum Gasteiger partial charge on any atom is -0.467 e. The maximum Gasteiger partial charge on any atom is 0.328 e. The fourth-order valence-corrected chi connectivity index (χ4v) is 6.43. The molecule has 0 bridgehead atoms. The third-order valence-electron chi connectivity index (χ3n) is 5.70. The SMILES string of the molecule is COC(=O)[C@H](Cc1ccc(N)cc1)NC(=O)[C@@]1(C)CCCN1S(=O)(=O)c1cc(Cl)cc(Cl)c1. The van der Waals surface area contributed by atoms with E-state index in [2.05, 4.69) is 5.32 Å². The van der Waals surface area contributed by atoms with Gasteiger partial charge < -0.3 is 15.8 Å². The monoisotopic (exact) mass is 513 g/mol. The Morgan fingerprint density at radius 3 is 2.36 bits per heavy atom. The average molecular weight is 514 g/mol. The van der Waals surface area contributed by atoms with E-state index in [1.807, 2.05) is 0 Å². The number of carbonyl (C=O) groups is 2. The van der Waals surface area contributed by atoms with Crippen molar-refractivity contribution in [1.82, 2.24) is 9.62 Å². The van der Waals surface area contributed by atoms with Crippen molar-refractivity contribution in [1.29, 1.82) is 0 Å². The van der Waals surface area contributed by atoms with Gasteiger partial charge in [-0.15, -0.1) is 0 Å². The second kappa shape index (κ2) is 9.89. The second-order valence-electron chi connectivity index (χ2n) is 8.05. The third-order valence-corrected chi connectivity index (χ3v) is 8.13. The van der Waals surface area contributed by atoms with E-state index in [0.717, 1.165) is 9.87 Å². The maximum absolute atomic E-state index is 13.4. The lowest BCUT2D eigenvalue weighted by Gasteiger charge is -2.34. The lowest BCUT2D eigenvalue weighted by atomic mass is 9.97. The zero-order chi connectivity index (χ0) is 24.4. The van der Waals surface area contributed by atoms with Gasteiger partial charge in [-0.05, 0) is 55.7 Å². The van der Waals surface area contributed by atoms with Crippen LogP contribution >= 0.6 is 23.2 Å². The summed E-state index contributed by atoms with van der Waals surface area (Å²) in [6, 6.07) is 9.87. The van der Waals surface area contributed by atoms with Crippen molar-refractivity contribution >= 4 is 50.8 Å². The van der Waals surface area contributed by atoms with Crippen LogP contribution in [0.25, 0.3) is 0 Å². The Bertz CT molecular complexity index is 1140. The van der Waals surface area contributed by atoms with Gasteiger partial charge in [-0.3, -0.25) is 4.79 Å². The van der Waals surface area contributed by atoms with Crippen LogP contribution in [0, 0.1) is 0 Å². The first-order valence-corrected chi connectivity index (χ1v) is 12.4. The van der Waals surface area contributed by atoms with Crippen molar-refractivity contribution < 1.29 is 22.7 Å². The van der Waals surface area contributed by atoms with Crippen LogP contribution in [0.15, 0.2) is 47.4 Å². The molecule has 2 atom stereocenters. The standard InChI is InChI=1S/C22H25Cl2N3O5S/c1-22(8-3-9-27(22)33(30,31)18-12-15(23)11-16(24)13-18)21(29)26-19(20(28)32-2)10-14-4-6-17(25)7-5-14/h4-7,11-13,19H,3,8-10,25H2,1-2H3,(H,26,29)/t19-,22+/m0/s1. The van der Waals surface area contributed by atoms with Gasteiger partial charge in [0.25, 0.3) is 0 Å². The third kappa shape index (κ3) is 5.43. The highest BCUT2D eigenvalue weighted by Crippen LogP contribution is 2.36. The quantitative estimate of drug-likeness (QED) is 0.433. The first-order valence-electron chi connectivity index (χ1n) is 10.2. The zero-order valence-electron chi connectivity index (χ0n) is 18.2. The van der Waals surface area contributed by atoms with Crippen molar-refractivity contribution in [2.75, 3.05) is 19.4 Å².